The lowest BCUT2D eigenvalue weighted by Gasteiger charge is -2.28. The second kappa shape index (κ2) is 5.52. The molecule has 1 aromatic carbocycles. The van der Waals surface area contributed by atoms with Crippen LogP contribution < -0.4 is 0 Å². The maximum absolute atomic E-state index is 9.82. The highest BCUT2D eigenvalue weighted by molar-refractivity contribution is 5.35. The van der Waals surface area contributed by atoms with E-state index < -0.39 is 5.60 Å². The Kier molecular flexibility index (Phi) is 4.54. The number of likely N-dealkylation sites (N-methyl/N-ethyl adjacent to an activating group) is 1. The molecule has 2 N–H and O–H groups in total. The monoisotopic (exact) mass is 237 g/mol. The highest BCUT2D eigenvalue weighted by Gasteiger charge is 2.18. The van der Waals surface area contributed by atoms with Gasteiger partial charge in [-0.15, -0.1) is 0 Å². The maximum Gasteiger partial charge on any atom is 0.120 e. The summed E-state index contributed by atoms with van der Waals surface area (Å²) < 4.78 is 0. The number of aryl methyl sites for hydroxylation is 1. The van der Waals surface area contributed by atoms with E-state index in [-0.39, 0.29) is 0 Å². The Hall–Kier alpha value is -1.06. The van der Waals surface area contributed by atoms with Crippen molar-refractivity contribution in [1.29, 1.82) is 0 Å². The smallest absolute Gasteiger partial charge is 0.120 e. The van der Waals surface area contributed by atoms with Crippen molar-refractivity contribution >= 4 is 0 Å². The molecule has 0 fully saturated rings. The van der Waals surface area contributed by atoms with Gasteiger partial charge in [-0.2, -0.15) is 0 Å². The van der Waals surface area contributed by atoms with Crippen LogP contribution in [0.1, 0.15) is 31.9 Å². The first-order valence-electron chi connectivity index (χ1n) is 6.05. The summed E-state index contributed by atoms with van der Waals surface area (Å²) in [6.07, 6.45) is 0. The summed E-state index contributed by atoms with van der Waals surface area (Å²) in [6.45, 7) is 9.76. The minimum Gasteiger partial charge on any atom is -0.508 e. The number of benzene rings is 1. The van der Waals surface area contributed by atoms with Gasteiger partial charge in [-0.25, -0.2) is 0 Å². The van der Waals surface area contributed by atoms with Gasteiger partial charge in [0.1, 0.15) is 5.75 Å². The highest BCUT2D eigenvalue weighted by atomic mass is 16.3. The molecule has 0 aromatic heterocycles. The molecule has 0 atom stereocenters. The van der Waals surface area contributed by atoms with E-state index in [9.17, 15) is 10.2 Å². The number of nitrogens with zero attached hydrogens (tertiary/aromatic N) is 1. The van der Waals surface area contributed by atoms with E-state index in [0.29, 0.717) is 18.8 Å². The SMILES string of the molecule is CCN(Cc1cc(C)ccc1O)CC(C)(C)O. The standard InChI is InChI=1S/C14H23NO2/c1-5-15(10-14(3,4)17)9-12-8-11(2)6-7-13(12)16/h6-8,16-17H,5,9-10H2,1-4H3. The summed E-state index contributed by atoms with van der Waals surface area (Å²) in [5, 5.41) is 19.6. The fraction of sp³-hybridized carbons (Fsp3) is 0.571. The van der Waals surface area contributed by atoms with Gasteiger partial charge in [0.2, 0.25) is 0 Å². The molecule has 0 amide bonds. The first kappa shape index (κ1) is 14.0. The molecule has 0 spiro atoms. The number of phenols is 1. The second-order valence-corrected chi connectivity index (χ2v) is 5.25. The van der Waals surface area contributed by atoms with Crippen LogP contribution in [0.15, 0.2) is 18.2 Å². The van der Waals surface area contributed by atoms with Gasteiger partial charge >= 0.3 is 0 Å². The normalized spacial score (nSPS) is 12.1. The summed E-state index contributed by atoms with van der Waals surface area (Å²) >= 11 is 0. The summed E-state index contributed by atoms with van der Waals surface area (Å²) in [4.78, 5) is 2.12. The molecule has 0 heterocycles. The number of rotatable bonds is 5. The molecule has 0 aliphatic heterocycles. The van der Waals surface area contributed by atoms with Crippen LogP contribution in [0.5, 0.6) is 5.75 Å². The van der Waals surface area contributed by atoms with Crippen LogP contribution in [0, 0.1) is 6.92 Å². The molecule has 0 bridgehead atoms. The van der Waals surface area contributed by atoms with E-state index in [4.69, 9.17) is 0 Å². The van der Waals surface area contributed by atoms with Crippen LogP contribution in [0.3, 0.4) is 0 Å². The Morgan fingerprint density at radius 2 is 1.94 bits per heavy atom. The summed E-state index contributed by atoms with van der Waals surface area (Å²) in [5.41, 5.74) is 1.34. The summed E-state index contributed by atoms with van der Waals surface area (Å²) in [6, 6.07) is 5.61. The zero-order valence-corrected chi connectivity index (χ0v) is 11.2. The Morgan fingerprint density at radius 1 is 1.29 bits per heavy atom. The summed E-state index contributed by atoms with van der Waals surface area (Å²) in [5.74, 6) is 0.324. The molecular weight excluding hydrogens is 214 g/mol. The fourth-order valence-corrected chi connectivity index (χ4v) is 1.91. The largest absolute Gasteiger partial charge is 0.508 e. The molecule has 1 rings (SSSR count). The molecule has 3 nitrogen and oxygen atoms in total. The van der Waals surface area contributed by atoms with Crippen molar-refractivity contribution in [1.82, 2.24) is 4.90 Å². The predicted molar refractivity (Wildman–Crippen MR) is 70.1 cm³/mol. The quantitative estimate of drug-likeness (QED) is 0.826. The van der Waals surface area contributed by atoms with Crippen molar-refractivity contribution in [2.24, 2.45) is 0 Å². The van der Waals surface area contributed by atoms with Crippen molar-refractivity contribution in [2.45, 2.75) is 39.8 Å². The maximum atomic E-state index is 9.82. The van der Waals surface area contributed by atoms with Gasteiger partial charge in [0.15, 0.2) is 0 Å². The number of aliphatic hydroxyl groups is 1. The first-order valence-corrected chi connectivity index (χ1v) is 6.05. The summed E-state index contributed by atoms with van der Waals surface area (Å²) in [7, 11) is 0. The third kappa shape index (κ3) is 4.75. The molecule has 0 saturated carbocycles. The average molecular weight is 237 g/mol. The van der Waals surface area contributed by atoms with Gasteiger partial charge in [0, 0.05) is 18.7 Å². The molecule has 96 valence electrons. The minimum absolute atomic E-state index is 0.324. The molecule has 0 unspecified atom stereocenters. The number of hydrogen-bond donors (Lipinski definition) is 2. The van der Waals surface area contributed by atoms with Crippen LogP contribution >= 0.6 is 0 Å². The van der Waals surface area contributed by atoms with Crippen molar-refractivity contribution in [3.8, 4) is 5.75 Å². The van der Waals surface area contributed by atoms with E-state index in [1.807, 2.05) is 19.1 Å². The van der Waals surface area contributed by atoms with Crippen LogP contribution in [0.25, 0.3) is 0 Å². The van der Waals surface area contributed by atoms with E-state index >= 15 is 0 Å². The number of aromatic hydroxyl groups is 1. The fourth-order valence-electron chi connectivity index (χ4n) is 1.91. The zero-order chi connectivity index (χ0) is 13.1. The Labute approximate surface area is 104 Å². The van der Waals surface area contributed by atoms with E-state index in [1.165, 1.54) is 0 Å². The van der Waals surface area contributed by atoms with Gasteiger partial charge in [-0.1, -0.05) is 24.6 Å². The minimum atomic E-state index is -0.713. The number of hydrogen-bond acceptors (Lipinski definition) is 3. The molecule has 0 radical (unpaired) electrons. The van der Waals surface area contributed by atoms with Gasteiger partial charge in [0.05, 0.1) is 5.60 Å². The van der Waals surface area contributed by atoms with Crippen molar-refractivity contribution < 1.29 is 10.2 Å². The molecule has 17 heavy (non-hydrogen) atoms. The topological polar surface area (TPSA) is 43.7 Å². The Balaban J connectivity index is 2.77. The predicted octanol–water partition coefficient (Wildman–Crippen LogP) is 2.29. The zero-order valence-electron chi connectivity index (χ0n) is 11.2. The molecule has 0 aliphatic rings. The molecule has 0 aliphatic carbocycles. The first-order chi connectivity index (χ1) is 7.81. The van der Waals surface area contributed by atoms with Crippen molar-refractivity contribution in [3.05, 3.63) is 29.3 Å². The highest BCUT2D eigenvalue weighted by Crippen LogP contribution is 2.20. The number of phenolic OH excluding ortho intramolecular Hbond substituents is 1. The van der Waals surface area contributed by atoms with Crippen molar-refractivity contribution in [2.75, 3.05) is 13.1 Å². The van der Waals surface area contributed by atoms with E-state index in [2.05, 4.69) is 11.8 Å². The van der Waals surface area contributed by atoms with E-state index in [0.717, 1.165) is 17.7 Å². The third-order valence-corrected chi connectivity index (χ3v) is 2.69. The van der Waals surface area contributed by atoms with Gasteiger partial charge in [0.25, 0.3) is 0 Å². The lowest BCUT2D eigenvalue weighted by molar-refractivity contribution is 0.0351. The van der Waals surface area contributed by atoms with Gasteiger partial charge in [-0.3, -0.25) is 4.90 Å². The Morgan fingerprint density at radius 3 is 2.47 bits per heavy atom. The van der Waals surface area contributed by atoms with Gasteiger partial charge in [-0.05, 0) is 33.4 Å². The van der Waals surface area contributed by atoms with Crippen LogP contribution in [-0.2, 0) is 6.54 Å². The van der Waals surface area contributed by atoms with Crippen LogP contribution in [-0.4, -0.2) is 33.8 Å². The lowest BCUT2D eigenvalue weighted by Crippen LogP contribution is -2.38. The molecular formula is C14H23NO2. The molecule has 3 heteroatoms. The second-order valence-electron chi connectivity index (χ2n) is 5.25. The van der Waals surface area contributed by atoms with Crippen LogP contribution in [0.4, 0.5) is 0 Å². The molecule has 0 saturated heterocycles. The van der Waals surface area contributed by atoms with E-state index in [1.54, 1.807) is 19.9 Å². The lowest BCUT2D eigenvalue weighted by atomic mass is 10.1. The Bertz CT molecular complexity index is 369. The third-order valence-electron chi connectivity index (χ3n) is 2.69. The average Bonchev–Trinajstić information content (AvgIpc) is 2.20. The van der Waals surface area contributed by atoms with Crippen LogP contribution in [0.2, 0.25) is 0 Å². The van der Waals surface area contributed by atoms with Gasteiger partial charge < -0.3 is 10.2 Å². The van der Waals surface area contributed by atoms with Crippen molar-refractivity contribution in [3.63, 3.8) is 0 Å². The molecule has 1 aromatic rings.